The van der Waals surface area contributed by atoms with Gasteiger partial charge in [-0.2, -0.15) is 0 Å². The van der Waals surface area contributed by atoms with Crippen molar-refractivity contribution < 1.29 is 19.2 Å². The van der Waals surface area contributed by atoms with Crippen LogP contribution in [0.5, 0.6) is 0 Å². The van der Waals surface area contributed by atoms with Crippen molar-refractivity contribution in [3.8, 4) is 0 Å². The zero-order valence-electron chi connectivity index (χ0n) is 14.7. The van der Waals surface area contributed by atoms with Gasteiger partial charge in [-0.15, -0.1) is 0 Å². The summed E-state index contributed by atoms with van der Waals surface area (Å²) >= 11 is 0. The zero-order chi connectivity index (χ0) is 19.1. The SMILES string of the molecule is CC(CCc1ccccc1)NC(=O)COC(=O)c1cc([N+](=O)[O-])cn1C. The Morgan fingerprint density at radius 1 is 1.31 bits per heavy atom. The first-order chi connectivity index (χ1) is 12.4. The highest BCUT2D eigenvalue weighted by Crippen LogP contribution is 2.15. The van der Waals surface area contributed by atoms with E-state index in [0.717, 1.165) is 18.9 Å². The standard InChI is InChI=1S/C18H21N3O5/c1-13(8-9-14-6-4-3-5-7-14)19-17(22)12-26-18(23)16-10-15(21(24)25)11-20(16)2/h3-7,10-11,13H,8-9,12H2,1-2H3,(H,19,22). The molecule has 1 amide bonds. The summed E-state index contributed by atoms with van der Waals surface area (Å²) in [5, 5.41) is 13.5. The van der Waals surface area contributed by atoms with Gasteiger partial charge in [0.15, 0.2) is 6.61 Å². The number of carbonyl (C=O) groups is 2. The third-order valence-electron chi connectivity index (χ3n) is 3.86. The third kappa shape index (κ3) is 5.44. The molecule has 2 rings (SSSR count). The number of nitro groups is 1. The summed E-state index contributed by atoms with van der Waals surface area (Å²) in [7, 11) is 1.50. The van der Waals surface area contributed by atoms with Crippen LogP contribution in [0.3, 0.4) is 0 Å². The Bertz CT molecular complexity index is 785. The van der Waals surface area contributed by atoms with E-state index < -0.39 is 23.4 Å². The molecule has 26 heavy (non-hydrogen) atoms. The fourth-order valence-corrected chi connectivity index (χ4v) is 2.47. The lowest BCUT2D eigenvalue weighted by atomic mass is 10.1. The molecule has 1 atom stereocenters. The minimum Gasteiger partial charge on any atom is -0.451 e. The summed E-state index contributed by atoms with van der Waals surface area (Å²) in [6.45, 7) is 1.44. The van der Waals surface area contributed by atoms with Crippen molar-refractivity contribution in [1.29, 1.82) is 0 Å². The van der Waals surface area contributed by atoms with E-state index in [4.69, 9.17) is 4.74 Å². The van der Waals surface area contributed by atoms with Crippen LogP contribution in [-0.2, 0) is 23.0 Å². The van der Waals surface area contributed by atoms with E-state index in [9.17, 15) is 19.7 Å². The van der Waals surface area contributed by atoms with E-state index in [1.807, 2.05) is 37.3 Å². The van der Waals surface area contributed by atoms with Gasteiger partial charge in [0.05, 0.1) is 11.1 Å². The Morgan fingerprint density at radius 2 is 2.00 bits per heavy atom. The first-order valence-corrected chi connectivity index (χ1v) is 8.18. The second kappa shape index (κ2) is 8.80. The highest BCUT2D eigenvalue weighted by Gasteiger charge is 2.19. The molecule has 8 heteroatoms. The number of aromatic nitrogens is 1. The van der Waals surface area contributed by atoms with E-state index in [2.05, 4.69) is 5.32 Å². The fourth-order valence-electron chi connectivity index (χ4n) is 2.47. The molecule has 0 fully saturated rings. The molecule has 0 aliphatic rings. The summed E-state index contributed by atoms with van der Waals surface area (Å²) < 4.78 is 6.23. The van der Waals surface area contributed by atoms with Crippen molar-refractivity contribution in [2.24, 2.45) is 7.05 Å². The Balaban J connectivity index is 1.77. The van der Waals surface area contributed by atoms with E-state index in [1.54, 1.807) is 0 Å². The summed E-state index contributed by atoms with van der Waals surface area (Å²) in [5.41, 5.74) is 0.991. The molecule has 1 unspecified atom stereocenters. The maximum absolute atomic E-state index is 12.0. The molecular formula is C18H21N3O5. The Kier molecular flexibility index (Phi) is 6.48. The maximum atomic E-state index is 12.0. The number of amides is 1. The van der Waals surface area contributed by atoms with Crippen molar-refractivity contribution in [2.45, 2.75) is 25.8 Å². The van der Waals surface area contributed by atoms with Gasteiger partial charge in [0.1, 0.15) is 5.69 Å². The number of nitrogens with zero attached hydrogens (tertiary/aromatic N) is 2. The lowest BCUT2D eigenvalue weighted by Gasteiger charge is -2.14. The Morgan fingerprint density at radius 3 is 2.62 bits per heavy atom. The van der Waals surface area contributed by atoms with Gasteiger partial charge < -0.3 is 14.6 Å². The summed E-state index contributed by atoms with van der Waals surface area (Å²) in [4.78, 5) is 34.0. The van der Waals surface area contributed by atoms with Crippen molar-refractivity contribution in [3.05, 3.63) is 64.0 Å². The Labute approximate surface area is 150 Å². The lowest BCUT2D eigenvalue weighted by molar-refractivity contribution is -0.384. The predicted octanol–water partition coefficient (Wildman–Crippen LogP) is 2.23. The van der Waals surface area contributed by atoms with Gasteiger partial charge in [0.25, 0.3) is 11.6 Å². The van der Waals surface area contributed by atoms with Crippen molar-refractivity contribution >= 4 is 17.6 Å². The molecule has 2 aromatic rings. The van der Waals surface area contributed by atoms with Gasteiger partial charge in [-0.3, -0.25) is 14.9 Å². The average Bonchev–Trinajstić information content (AvgIpc) is 3.01. The number of hydrogen-bond acceptors (Lipinski definition) is 5. The monoisotopic (exact) mass is 359 g/mol. The van der Waals surface area contributed by atoms with Crippen molar-refractivity contribution in [3.63, 3.8) is 0 Å². The van der Waals surface area contributed by atoms with Crippen LogP contribution in [0.2, 0.25) is 0 Å². The highest BCUT2D eigenvalue weighted by molar-refractivity contribution is 5.90. The molecule has 0 radical (unpaired) electrons. The van der Waals surface area contributed by atoms with E-state index >= 15 is 0 Å². The smallest absolute Gasteiger partial charge is 0.355 e. The van der Waals surface area contributed by atoms with Gasteiger partial charge in [-0.05, 0) is 25.3 Å². The number of nitrogens with one attached hydrogen (secondary N) is 1. The number of rotatable bonds is 8. The summed E-state index contributed by atoms with van der Waals surface area (Å²) in [5.74, 6) is -1.20. The van der Waals surface area contributed by atoms with Crippen LogP contribution >= 0.6 is 0 Å². The molecule has 0 aliphatic heterocycles. The topological polar surface area (TPSA) is 103 Å². The predicted molar refractivity (Wildman–Crippen MR) is 94.7 cm³/mol. The van der Waals surface area contributed by atoms with Gasteiger partial charge >= 0.3 is 5.97 Å². The van der Waals surface area contributed by atoms with Crippen LogP contribution in [0, 0.1) is 10.1 Å². The molecule has 138 valence electrons. The molecule has 0 spiro atoms. The van der Waals surface area contributed by atoms with Crippen LogP contribution in [0.15, 0.2) is 42.6 Å². The summed E-state index contributed by atoms with van der Waals surface area (Å²) in [6.07, 6.45) is 2.80. The van der Waals surface area contributed by atoms with E-state index in [-0.39, 0.29) is 17.4 Å². The molecule has 1 heterocycles. The molecule has 1 N–H and O–H groups in total. The number of carbonyl (C=O) groups excluding carboxylic acids is 2. The summed E-state index contributed by atoms with van der Waals surface area (Å²) in [6, 6.07) is 11.0. The molecule has 0 bridgehead atoms. The minimum absolute atomic E-state index is 0.0154. The lowest BCUT2D eigenvalue weighted by Crippen LogP contribution is -2.36. The fraction of sp³-hybridized carbons (Fsp3) is 0.333. The number of ether oxygens (including phenoxy) is 1. The average molecular weight is 359 g/mol. The number of esters is 1. The van der Waals surface area contributed by atoms with Crippen molar-refractivity contribution in [1.82, 2.24) is 9.88 Å². The van der Waals surface area contributed by atoms with Crippen LogP contribution in [0.1, 0.15) is 29.4 Å². The second-order valence-corrected chi connectivity index (χ2v) is 6.02. The first kappa shape index (κ1) is 19.2. The van der Waals surface area contributed by atoms with Crippen LogP contribution < -0.4 is 5.32 Å². The minimum atomic E-state index is -0.785. The quantitative estimate of drug-likeness (QED) is 0.442. The van der Waals surface area contributed by atoms with Crippen LogP contribution in [0.4, 0.5) is 5.69 Å². The molecule has 0 saturated carbocycles. The van der Waals surface area contributed by atoms with Crippen molar-refractivity contribution in [2.75, 3.05) is 6.61 Å². The van der Waals surface area contributed by atoms with Crippen LogP contribution in [-0.4, -0.2) is 34.0 Å². The van der Waals surface area contributed by atoms with Crippen LogP contribution in [0.25, 0.3) is 0 Å². The molecule has 0 aliphatic carbocycles. The number of benzene rings is 1. The normalized spacial score (nSPS) is 11.6. The molecule has 8 nitrogen and oxygen atoms in total. The molecule has 0 saturated heterocycles. The van der Waals surface area contributed by atoms with Gasteiger partial charge in [-0.25, -0.2) is 4.79 Å². The maximum Gasteiger partial charge on any atom is 0.355 e. The number of hydrogen-bond donors (Lipinski definition) is 1. The van der Waals surface area contributed by atoms with E-state index in [1.165, 1.54) is 23.4 Å². The zero-order valence-corrected chi connectivity index (χ0v) is 14.7. The molecular weight excluding hydrogens is 338 g/mol. The Hall–Kier alpha value is -3.16. The third-order valence-corrected chi connectivity index (χ3v) is 3.86. The highest BCUT2D eigenvalue weighted by atomic mass is 16.6. The number of aryl methyl sites for hydroxylation is 2. The first-order valence-electron chi connectivity index (χ1n) is 8.18. The molecule has 1 aromatic carbocycles. The van der Waals surface area contributed by atoms with E-state index in [0.29, 0.717) is 0 Å². The largest absolute Gasteiger partial charge is 0.451 e. The van der Waals surface area contributed by atoms with Gasteiger partial charge in [0.2, 0.25) is 0 Å². The second-order valence-electron chi connectivity index (χ2n) is 6.02. The van der Waals surface area contributed by atoms with Gasteiger partial charge in [0, 0.05) is 19.2 Å². The molecule has 1 aromatic heterocycles. The van der Waals surface area contributed by atoms with Gasteiger partial charge in [-0.1, -0.05) is 30.3 Å².